The summed E-state index contributed by atoms with van der Waals surface area (Å²) in [5.74, 6) is -1.09. The Morgan fingerprint density at radius 2 is 2.00 bits per heavy atom. The number of nitrogens with one attached hydrogen (secondary N) is 1. The molecular weight excluding hydrogens is 392 g/mol. The molecule has 8 nitrogen and oxygen atoms in total. The molecule has 0 aliphatic carbocycles. The summed E-state index contributed by atoms with van der Waals surface area (Å²) in [6.07, 6.45) is 5.85. The molecule has 0 fully saturated rings. The van der Waals surface area contributed by atoms with Crippen LogP contribution in [0.4, 0.5) is 0 Å². The molecule has 1 aromatic heterocycles. The number of carbonyl (C=O) groups is 1. The summed E-state index contributed by atoms with van der Waals surface area (Å²) in [7, 11) is -2.59. The van der Waals surface area contributed by atoms with E-state index < -0.39 is 22.0 Å². The highest BCUT2D eigenvalue weighted by Gasteiger charge is 2.33. The molecule has 0 spiro atoms. The number of nitrogens with zero attached hydrogens (tertiary/aromatic N) is 3. The molecule has 1 atom stereocenters. The predicted octanol–water partition coefficient (Wildman–Crippen LogP) is 2.13. The number of carboxylic acids is 1. The van der Waals surface area contributed by atoms with Crippen LogP contribution in [0.3, 0.4) is 0 Å². The van der Waals surface area contributed by atoms with Crippen molar-refractivity contribution in [1.82, 2.24) is 19.2 Å². The summed E-state index contributed by atoms with van der Waals surface area (Å²) in [6, 6.07) is 5.44. The van der Waals surface area contributed by atoms with Crippen LogP contribution < -0.4 is 5.32 Å². The van der Waals surface area contributed by atoms with Crippen molar-refractivity contribution >= 4 is 22.1 Å². The average Bonchev–Trinajstić information content (AvgIpc) is 3.08. The number of fused-ring (bicyclic) bond motifs is 1. The van der Waals surface area contributed by atoms with Crippen molar-refractivity contribution < 1.29 is 18.3 Å². The molecule has 156 valence electrons. The van der Waals surface area contributed by atoms with Gasteiger partial charge < -0.3 is 15.0 Å². The maximum Gasteiger partial charge on any atom is 0.322 e. The summed E-state index contributed by atoms with van der Waals surface area (Å²) < 4.78 is 28.8. The van der Waals surface area contributed by atoms with Crippen LogP contribution in [0.2, 0.25) is 0 Å². The molecule has 0 amide bonds. The minimum absolute atomic E-state index is 0.0569. The zero-order chi connectivity index (χ0) is 21.2. The number of hydrogen-bond donors (Lipinski definition) is 2. The first-order valence-corrected chi connectivity index (χ1v) is 10.9. The van der Waals surface area contributed by atoms with Gasteiger partial charge >= 0.3 is 5.97 Å². The smallest absolute Gasteiger partial charge is 0.322 e. The van der Waals surface area contributed by atoms with Crippen LogP contribution in [0.5, 0.6) is 0 Å². The Hall–Kier alpha value is -2.65. The lowest BCUT2D eigenvalue weighted by Gasteiger charge is -2.25. The van der Waals surface area contributed by atoms with E-state index in [1.165, 1.54) is 19.2 Å². The molecule has 2 N–H and O–H groups in total. The summed E-state index contributed by atoms with van der Waals surface area (Å²) in [5, 5.41) is 12.6. The van der Waals surface area contributed by atoms with Gasteiger partial charge in [0, 0.05) is 13.6 Å². The second-order valence-electron chi connectivity index (χ2n) is 7.57. The molecule has 0 bridgehead atoms. The lowest BCUT2D eigenvalue weighted by Crippen LogP contribution is -2.43. The van der Waals surface area contributed by atoms with Crippen LogP contribution in [0, 0.1) is 5.92 Å². The van der Waals surface area contributed by atoms with Gasteiger partial charge in [0.05, 0.1) is 29.2 Å². The number of carboxylic acid groups (broad SMARTS) is 1. The molecule has 9 heteroatoms. The van der Waals surface area contributed by atoms with E-state index in [0.29, 0.717) is 13.1 Å². The van der Waals surface area contributed by atoms with Crippen LogP contribution in [0.1, 0.15) is 37.2 Å². The van der Waals surface area contributed by atoms with Crippen molar-refractivity contribution in [3.05, 3.63) is 53.7 Å². The van der Waals surface area contributed by atoms with Crippen molar-refractivity contribution in [1.29, 1.82) is 0 Å². The van der Waals surface area contributed by atoms with Gasteiger partial charge in [-0.05, 0) is 42.3 Å². The zero-order valence-electron chi connectivity index (χ0n) is 16.7. The molecule has 1 aliphatic rings. The van der Waals surface area contributed by atoms with E-state index in [9.17, 15) is 18.3 Å². The molecular formula is C20H26N4O4S. The molecule has 1 aromatic carbocycles. The third-order valence-electron chi connectivity index (χ3n) is 4.96. The van der Waals surface area contributed by atoms with Gasteiger partial charge in [-0.2, -0.15) is 4.31 Å². The van der Waals surface area contributed by atoms with E-state index in [1.54, 1.807) is 18.5 Å². The second kappa shape index (κ2) is 8.38. The van der Waals surface area contributed by atoms with Gasteiger partial charge in [-0.25, -0.2) is 13.4 Å². The van der Waals surface area contributed by atoms with E-state index in [0.717, 1.165) is 21.3 Å². The number of aliphatic carboxylic acids is 1. The van der Waals surface area contributed by atoms with Crippen molar-refractivity contribution in [2.45, 2.75) is 44.3 Å². The van der Waals surface area contributed by atoms with Gasteiger partial charge in [-0.3, -0.25) is 4.79 Å². The minimum Gasteiger partial charge on any atom is -0.480 e. The number of hydrogen-bond acceptors (Lipinski definition) is 5. The lowest BCUT2D eigenvalue weighted by atomic mass is 10.0. The quantitative estimate of drug-likeness (QED) is 0.681. The first-order valence-electron chi connectivity index (χ1n) is 9.44. The fourth-order valence-corrected chi connectivity index (χ4v) is 4.65. The summed E-state index contributed by atoms with van der Waals surface area (Å²) in [4.78, 5) is 16.0. The minimum atomic E-state index is -3.91. The van der Waals surface area contributed by atoms with Crippen molar-refractivity contribution in [3.8, 4) is 0 Å². The third kappa shape index (κ3) is 4.51. The maximum atomic E-state index is 12.9. The molecule has 3 rings (SSSR count). The Labute approximate surface area is 170 Å². The van der Waals surface area contributed by atoms with Gasteiger partial charge in [-0.15, -0.1) is 0 Å². The summed E-state index contributed by atoms with van der Waals surface area (Å²) in [6.45, 7) is 4.98. The highest BCUT2D eigenvalue weighted by molar-refractivity contribution is 7.89. The van der Waals surface area contributed by atoms with Crippen molar-refractivity contribution in [2.24, 2.45) is 5.92 Å². The zero-order valence-corrected chi connectivity index (χ0v) is 17.6. The largest absolute Gasteiger partial charge is 0.480 e. The molecule has 1 aliphatic heterocycles. The fourth-order valence-electron chi connectivity index (χ4n) is 3.33. The number of likely N-dealkylation sites (N-methyl/N-ethyl adjacent to an activating group) is 1. The second-order valence-corrected chi connectivity index (χ2v) is 9.56. The van der Waals surface area contributed by atoms with Gasteiger partial charge in [0.15, 0.2) is 0 Å². The molecule has 0 unspecified atom stereocenters. The van der Waals surface area contributed by atoms with Crippen LogP contribution in [-0.2, 0) is 27.9 Å². The highest BCUT2D eigenvalue weighted by Crippen LogP contribution is 2.22. The van der Waals surface area contributed by atoms with Gasteiger partial charge in [0.25, 0.3) is 0 Å². The number of imidazole rings is 1. The number of rotatable bonds is 8. The molecule has 2 aromatic rings. The topological polar surface area (TPSA) is 105 Å². The molecule has 0 radical (unpaired) electrons. The number of sulfonamides is 1. The Balaban J connectivity index is 1.79. The molecule has 2 heterocycles. The maximum absolute atomic E-state index is 12.9. The normalized spacial score (nSPS) is 14.7. The van der Waals surface area contributed by atoms with Gasteiger partial charge in [0.1, 0.15) is 6.04 Å². The first-order chi connectivity index (χ1) is 13.7. The van der Waals surface area contributed by atoms with Gasteiger partial charge in [0.2, 0.25) is 10.0 Å². The van der Waals surface area contributed by atoms with E-state index in [1.807, 2.05) is 30.7 Å². The number of benzene rings is 1. The Bertz CT molecular complexity index is 1010. The predicted molar refractivity (Wildman–Crippen MR) is 109 cm³/mol. The Kier molecular flexibility index (Phi) is 6.09. The number of aromatic nitrogens is 2. The monoisotopic (exact) mass is 418 g/mol. The van der Waals surface area contributed by atoms with Crippen LogP contribution in [0.15, 0.2) is 41.7 Å². The van der Waals surface area contributed by atoms with Crippen LogP contribution in [0.25, 0.3) is 6.08 Å². The Morgan fingerprint density at radius 1 is 1.31 bits per heavy atom. The molecule has 0 saturated heterocycles. The molecule has 29 heavy (non-hydrogen) atoms. The summed E-state index contributed by atoms with van der Waals surface area (Å²) >= 11 is 0. The van der Waals surface area contributed by atoms with Crippen LogP contribution in [-0.4, -0.2) is 46.4 Å². The lowest BCUT2D eigenvalue weighted by molar-refractivity contribution is -0.141. The van der Waals surface area contributed by atoms with E-state index in [4.69, 9.17) is 0 Å². The van der Waals surface area contributed by atoms with Crippen molar-refractivity contribution in [2.75, 3.05) is 7.05 Å². The highest BCUT2D eigenvalue weighted by atomic mass is 32.2. The molecule has 0 saturated carbocycles. The van der Waals surface area contributed by atoms with Crippen molar-refractivity contribution in [3.63, 3.8) is 0 Å². The fraction of sp³-hybridized carbons (Fsp3) is 0.400. The third-order valence-corrected chi connectivity index (χ3v) is 6.84. The van der Waals surface area contributed by atoms with E-state index in [-0.39, 0.29) is 17.2 Å². The Morgan fingerprint density at radius 3 is 2.62 bits per heavy atom. The van der Waals surface area contributed by atoms with Crippen LogP contribution >= 0.6 is 0 Å². The average molecular weight is 419 g/mol. The van der Waals surface area contributed by atoms with Gasteiger partial charge in [-0.1, -0.05) is 26.0 Å². The SMILES string of the molecule is CC(C)C[C@@H](C(=O)O)N(C)S(=O)(=O)c1ccc(Cn2cnc3c2C=CNC3)cc1. The van der Waals surface area contributed by atoms with E-state index in [2.05, 4.69) is 10.3 Å². The first kappa shape index (κ1) is 21.1. The van der Waals surface area contributed by atoms with E-state index >= 15 is 0 Å². The summed E-state index contributed by atoms with van der Waals surface area (Å²) in [5.41, 5.74) is 2.92. The standard InChI is InChI=1S/C20H26N4O4S/c1-14(2)10-19(20(25)26)23(3)29(27,28)16-6-4-15(5-7-16)12-24-13-22-17-11-21-9-8-18(17)24/h4-9,13-14,19,21H,10-12H2,1-3H3,(H,25,26)/t19-/m0/s1.